The Kier molecular flexibility index (Phi) is 5.69. The molecule has 0 aliphatic rings. The fourth-order valence-electron chi connectivity index (χ4n) is 2.43. The lowest BCUT2D eigenvalue weighted by Crippen LogP contribution is -2.05. The van der Waals surface area contributed by atoms with Crippen molar-refractivity contribution in [1.29, 1.82) is 0 Å². The summed E-state index contributed by atoms with van der Waals surface area (Å²) in [5.41, 5.74) is 2.25. The normalized spacial score (nSPS) is 10.5. The first-order valence-electron chi connectivity index (χ1n) is 7.49. The number of carbonyl (C=O) groups is 1. The van der Waals surface area contributed by atoms with E-state index in [1.54, 1.807) is 12.1 Å². The zero-order chi connectivity index (χ0) is 17.8. The highest BCUT2D eigenvalue weighted by molar-refractivity contribution is 7.99. The maximum absolute atomic E-state index is 12.5. The Morgan fingerprint density at radius 2 is 1.48 bits per heavy atom. The van der Waals surface area contributed by atoms with Gasteiger partial charge < -0.3 is 4.74 Å². The number of methoxy groups -OCH3 is 1. The maximum Gasteiger partial charge on any atom is 0.339 e. The second-order valence-corrected chi connectivity index (χ2v) is 7.22. The van der Waals surface area contributed by atoms with E-state index in [1.807, 2.05) is 54.6 Å². The van der Waals surface area contributed by atoms with E-state index in [4.69, 9.17) is 27.9 Å². The third-order valence-corrected chi connectivity index (χ3v) is 5.18. The monoisotopic (exact) mass is 388 g/mol. The van der Waals surface area contributed by atoms with Crippen molar-refractivity contribution in [3.63, 3.8) is 0 Å². The first-order valence-corrected chi connectivity index (χ1v) is 9.06. The van der Waals surface area contributed by atoms with Crippen molar-refractivity contribution in [3.05, 3.63) is 82.3 Å². The van der Waals surface area contributed by atoms with Crippen LogP contribution in [0.15, 0.2) is 76.5 Å². The first kappa shape index (κ1) is 17.9. The molecule has 0 amide bonds. The smallest absolute Gasteiger partial charge is 0.339 e. The fourth-order valence-corrected chi connectivity index (χ4v) is 3.65. The lowest BCUT2D eigenvalue weighted by molar-refractivity contribution is 0.0597. The predicted octanol–water partition coefficient (Wildman–Crippen LogP) is 6.60. The van der Waals surface area contributed by atoms with Crippen LogP contribution in [0.1, 0.15) is 10.4 Å². The summed E-state index contributed by atoms with van der Waals surface area (Å²) in [5, 5.41) is 1.32. The minimum atomic E-state index is -0.373. The molecule has 0 saturated carbocycles. The van der Waals surface area contributed by atoms with Gasteiger partial charge in [0.15, 0.2) is 0 Å². The molecule has 3 aromatic rings. The molecule has 0 aliphatic carbocycles. The maximum atomic E-state index is 12.5. The predicted molar refractivity (Wildman–Crippen MR) is 104 cm³/mol. The van der Waals surface area contributed by atoms with E-state index >= 15 is 0 Å². The van der Waals surface area contributed by atoms with Gasteiger partial charge in [0.2, 0.25) is 0 Å². The largest absolute Gasteiger partial charge is 0.465 e. The van der Waals surface area contributed by atoms with Gasteiger partial charge in [0.1, 0.15) is 0 Å². The lowest BCUT2D eigenvalue weighted by Gasteiger charge is -2.13. The van der Waals surface area contributed by atoms with E-state index in [1.165, 1.54) is 18.9 Å². The van der Waals surface area contributed by atoms with Gasteiger partial charge in [-0.3, -0.25) is 0 Å². The van der Waals surface area contributed by atoms with E-state index in [2.05, 4.69) is 0 Å². The molecule has 0 unspecified atom stereocenters. The molecule has 0 fully saturated rings. The molecule has 0 aliphatic heterocycles. The van der Waals surface area contributed by atoms with Crippen molar-refractivity contribution in [2.75, 3.05) is 7.11 Å². The summed E-state index contributed by atoms with van der Waals surface area (Å²) in [6.07, 6.45) is 0. The van der Waals surface area contributed by atoms with Gasteiger partial charge in [0.05, 0.1) is 12.7 Å². The van der Waals surface area contributed by atoms with Crippen molar-refractivity contribution in [3.8, 4) is 11.1 Å². The Hall–Kier alpha value is -1.94. The van der Waals surface area contributed by atoms with Gasteiger partial charge in [0, 0.05) is 19.8 Å². The molecule has 0 N–H and O–H groups in total. The molecular weight excluding hydrogens is 375 g/mol. The van der Waals surface area contributed by atoms with Crippen molar-refractivity contribution in [2.45, 2.75) is 9.79 Å². The molecule has 0 atom stereocenters. The van der Waals surface area contributed by atoms with Crippen LogP contribution in [0.2, 0.25) is 10.0 Å². The summed E-state index contributed by atoms with van der Waals surface area (Å²) in [4.78, 5) is 14.3. The number of hydrogen-bond acceptors (Lipinski definition) is 3. The molecule has 3 rings (SSSR count). The van der Waals surface area contributed by atoms with E-state index in [9.17, 15) is 4.79 Å². The van der Waals surface area contributed by atoms with Gasteiger partial charge in [-0.05, 0) is 53.6 Å². The SMILES string of the molecule is COC(=O)c1c(Sc2ccc(Cl)cc2)cccc1-c1ccc(Cl)cc1. The number of rotatable bonds is 4. The molecule has 126 valence electrons. The van der Waals surface area contributed by atoms with Crippen LogP contribution in [0.4, 0.5) is 0 Å². The van der Waals surface area contributed by atoms with Crippen molar-refractivity contribution >= 4 is 40.9 Å². The van der Waals surface area contributed by atoms with Crippen molar-refractivity contribution in [1.82, 2.24) is 0 Å². The summed E-state index contributed by atoms with van der Waals surface area (Å²) in [7, 11) is 1.39. The Morgan fingerprint density at radius 3 is 2.08 bits per heavy atom. The van der Waals surface area contributed by atoms with Gasteiger partial charge in [-0.25, -0.2) is 4.79 Å². The van der Waals surface area contributed by atoms with E-state index in [-0.39, 0.29) is 5.97 Å². The number of halogens is 2. The lowest BCUT2D eigenvalue weighted by atomic mass is 10.00. The quantitative estimate of drug-likeness (QED) is 0.471. The van der Waals surface area contributed by atoms with Crippen LogP contribution in [0, 0.1) is 0 Å². The van der Waals surface area contributed by atoms with Gasteiger partial charge in [-0.2, -0.15) is 0 Å². The van der Waals surface area contributed by atoms with Crippen LogP contribution in [0.5, 0.6) is 0 Å². The van der Waals surface area contributed by atoms with Crippen LogP contribution < -0.4 is 0 Å². The van der Waals surface area contributed by atoms with Gasteiger partial charge in [0.25, 0.3) is 0 Å². The molecule has 0 radical (unpaired) electrons. The minimum absolute atomic E-state index is 0.373. The molecule has 0 saturated heterocycles. The van der Waals surface area contributed by atoms with Crippen molar-refractivity contribution in [2.24, 2.45) is 0 Å². The molecule has 0 spiro atoms. The third kappa shape index (κ3) is 4.18. The summed E-state index contributed by atoms with van der Waals surface area (Å²) in [6, 6.07) is 20.6. The summed E-state index contributed by atoms with van der Waals surface area (Å²) < 4.78 is 5.02. The molecule has 25 heavy (non-hydrogen) atoms. The zero-order valence-electron chi connectivity index (χ0n) is 13.3. The number of hydrogen-bond donors (Lipinski definition) is 0. The standard InChI is InChI=1S/C20H14Cl2O2S/c1-24-20(23)19-17(13-5-7-14(21)8-6-13)3-2-4-18(19)25-16-11-9-15(22)10-12-16/h2-12H,1H3. The van der Waals surface area contributed by atoms with Crippen LogP contribution in [-0.4, -0.2) is 13.1 Å². The fraction of sp³-hybridized carbons (Fsp3) is 0.0500. The van der Waals surface area contributed by atoms with Crippen LogP contribution in [0.25, 0.3) is 11.1 Å². The second kappa shape index (κ2) is 7.96. The van der Waals surface area contributed by atoms with Gasteiger partial charge in [-0.15, -0.1) is 0 Å². The number of carbonyl (C=O) groups excluding carboxylic acids is 1. The van der Waals surface area contributed by atoms with Crippen LogP contribution >= 0.6 is 35.0 Å². The second-order valence-electron chi connectivity index (χ2n) is 5.23. The number of esters is 1. The molecule has 0 aromatic heterocycles. The Bertz CT molecular complexity index is 891. The Balaban J connectivity index is 2.08. The van der Waals surface area contributed by atoms with E-state index in [0.717, 1.165) is 20.9 Å². The van der Waals surface area contributed by atoms with E-state index in [0.29, 0.717) is 15.6 Å². The molecule has 5 heteroatoms. The average Bonchev–Trinajstić information content (AvgIpc) is 2.63. The van der Waals surface area contributed by atoms with Crippen LogP contribution in [0.3, 0.4) is 0 Å². The van der Waals surface area contributed by atoms with E-state index < -0.39 is 0 Å². The third-order valence-electron chi connectivity index (χ3n) is 3.61. The highest BCUT2D eigenvalue weighted by atomic mass is 35.5. The molecule has 0 heterocycles. The summed E-state index contributed by atoms with van der Waals surface area (Å²) in [5.74, 6) is -0.373. The Morgan fingerprint density at radius 1 is 0.880 bits per heavy atom. The zero-order valence-corrected chi connectivity index (χ0v) is 15.7. The Labute approximate surface area is 160 Å². The highest BCUT2D eigenvalue weighted by Gasteiger charge is 2.19. The first-order chi connectivity index (χ1) is 12.1. The average molecular weight is 389 g/mol. The van der Waals surface area contributed by atoms with Crippen molar-refractivity contribution < 1.29 is 9.53 Å². The van der Waals surface area contributed by atoms with Crippen LogP contribution in [-0.2, 0) is 4.74 Å². The van der Waals surface area contributed by atoms with Gasteiger partial charge >= 0.3 is 5.97 Å². The molecular formula is C20H14Cl2O2S. The number of benzene rings is 3. The summed E-state index contributed by atoms with van der Waals surface area (Å²) >= 11 is 13.4. The molecule has 2 nitrogen and oxygen atoms in total. The minimum Gasteiger partial charge on any atom is -0.465 e. The molecule has 3 aromatic carbocycles. The molecule has 0 bridgehead atoms. The number of ether oxygens (including phenoxy) is 1. The highest BCUT2D eigenvalue weighted by Crippen LogP contribution is 2.36. The van der Waals surface area contributed by atoms with Gasteiger partial charge in [-0.1, -0.05) is 59.2 Å². The topological polar surface area (TPSA) is 26.3 Å². The summed E-state index contributed by atoms with van der Waals surface area (Å²) in [6.45, 7) is 0.